The van der Waals surface area contributed by atoms with Crippen molar-refractivity contribution in [3.05, 3.63) is 70.0 Å². The number of benzene rings is 2. The van der Waals surface area contributed by atoms with E-state index in [2.05, 4.69) is 25.1 Å². The minimum Gasteiger partial charge on any atom is -0.204 e. The average Bonchev–Trinajstić information content (AvgIpc) is 2.52. The fraction of sp³-hybridized carbons (Fsp3) is 0.368. The van der Waals surface area contributed by atoms with Crippen LogP contribution in [0.2, 0.25) is 0 Å². The highest BCUT2D eigenvalue weighted by molar-refractivity contribution is 5.37. The fourth-order valence-corrected chi connectivity index (χ4v) is 3.35. The van der Waals surface area contributed by atoms with E-state index in [0.717, 1.165) is 44.2 Å². The number of hydrogen-bond donors (Lipinski definition) is 0. The molecular weight excluding hydrogens is 285 g/mol. The zero-order valence-corrected chi connectivity index (χ0v) is 12.6. The molecule has 0 fully saturated rings. The average molecular weight is 304 g/mol. The molecule has 0 saturated carbocycles. The number of hydrogen-bond acceptors (Lipinski definition) is 0. The maximum atomic E-state index is 13.4. The largest absolute Gasteiger partial charge is 0.204 e. The van der Waals surface area contributed by atoms with Crippen LogP contribution in [0, 0.1) is 17.5 Å². The van der Waals surface area contributed by atoms with E-state index < -0.39 is 17.5 Å². The topological polar surface area (TPSA) is 0 Å². The van der Waals surface area contributed by atoms with E-state index in [1.807, 2.05) is 0 Å². The van der Waals surface area contributed by atoms with Gasteiger partial charge < -0.3 is 0 Å². The molecular formula is C19H19F3. The van der Waals surface area contributed by atoms with E-state index in [9.17, 15) is 13.2 Å². The van der Waals surface area contributed by atoms with Crippen LogP contribution >= 0.6 is 0 Å². The predicted molar refractivity (Wildman–Crippen MR) is 81.5 cm³/mol. The quantitative estimate of drug-likeness (QED) is 0.672. The minimum atomic E-state index is -1.39. The van der Waals surface area contributed by atoms with Gasteiger partial charge in [0.25, 0.3) is 0 Å². The Kier molecular flexibility index (Phi) is 4.23. The van der Waals surface area contributed by atoms with Crippen molar-refractivity contribution in [2.75, 3.05) is 0 Å². The molecule has 1 unspecified atom stereocenters. The summed E-state index contributed by atoms with van der Waals surface area (Å²) in [7, 11) is 0. The predicted octanol–water partition coefficient (Wildman–Crippen LogP) is 5.33. The molecule has 22 heavy (non-hydrogen) atoms. The Hall–Kier alpha value is -1.77. The molecule has 0 N–H and O–H groups in total. The Morgan fingerprint density at radius 3 is 2.41 bits per heavy atom. The molecule has 0 nitrogen and oxygen atoms in total. The van der Waals surface area contributed by atoms with Gasteiger partial charge in [-0.2, -0.15) is 0 Å². The lowest BCUT2D eigenvalue weighted by Gasteiger charge is -2.25. The lowest BCUT2D eigenvalue weighted by molar-refractivity contribution is 0.441. The second-order valence-corrected chi connectivity index (χ2v) is 6.09. The summed E-state index contributed by atoms with van der Waals surface area (Å²) in [4.78, 5) is 0. The Bertz CT molecular complexity index is 668. The van der Waals surface area contributed by atoms with Crippen molar-refractivity contribution in [1.82, 2.24) is 0 Å². The van der Waals surface area contributed by atoms with Gasteiger partial charge in [-0.1, -0.05) is 31.5 Å². The van der Waals surface area contributed by atoms with Crippen molar-refractivity contribution < 1.29 is 13.2 Å². The van der Waals surface area contributed by atoms with Gasteiger partial charge in [-0.15, -0.1) is 0 Å². The molecule has 3 rings (SSSR count). The summed E-state index contributed by atoms with van der Waals surface area (Å²) in [5.41, 5.74) is 4.48. The molecule has 1 atom stereocenters. The molecule has 0 bridgehead atoms. The van der Waals surface area contributed by atoms with Crippen LogP contribution in [0.25, 0.3) is 0 Å². The van der Waals surface area contributed by atoms with Crippen LogP contribution in [-0.2, 0) is 19.3 Å². The normalized spacial score (nSPS) is 17.4. The third-order valence-corrected chi connectivity index (χ3v) is 4.52. The van der Waals surface area contributed by atoms with E-state index in [1.165, 1.54) is 16.7 Å². The van der Waals surface area contributed by atoms with Crippen LogP contribution < -0.4 is 0 Å². The van der Waals surface area contributed by atoms with E-state index in [1.54, 1.807) is 0 Å². The molecule has 0 amide bonds. The second kappa shape index (κ2) is 6.15. The maximum Gasteiger partial charge on any atom is 0.194 e. The Morgan fingerprint density at radius 2 is 1.73 bits per heavy atom. The standard InChI is InChI=1S/C19H19F3/c1-2-3-12-4-5-14-9-15(7-6-13(14)8-12)16-10-17(20)19(22)18(21)11-16/h4-5,8,10-11,15H,2-3,6-7,9H2,1H3. The van der Waals surface area contributed by atoms with Crippen LogP contribution in [-0.4, -0.2) is 0 Å². The van der Waals surface area contributed by atoms with Crippen molar-refractivity contribution in [3.63, 3.8) is 0 Å². The molecule has 0 aliphatic heterocycles. The van der Waals surface area contributed by atoms with Gasteiger partial charge in [0.1, 0.15) is 0 Å². The Labute approximate surface area is 129 Å². The van der Waals surface area contributed by atoms with Crippen LogP contribution in [0.1, 0.15) is 47.9 Å². The summed E-state index contributed by atoms with van der Waals surface area (Å²) < 4.78 is 39.9. The molecule has 2 aromatic rings. The molecule has 0 saturated heterocycles. The molecule has 116 valence electrons. The first-order valence-corrected chi connectivity index (χ1v) is 7.83. The smallest absolute Gasteiger partial charge is 0.194 e. The highest BCUT2D eigenvalue weighted by Gasteiger charge is 2.22. The Morgan fingerprint density at radius 1 is 1.00 bits per heavy atom. The van der Waals surface area contributed by atoms with Gasteiger partial charge in [0.05, 0.1) is 0 Å². The number of halogens is 3. The lowest BCUT2D eigenvalue weighted by atomic mass is 9.79. The van der Waals surface area contributed by atoms with E-state index in [4.69, 9.17) is 0 Å². The first-order valence-electron chi connectivity index (χ1n) is 7.83. The van der Waals surface area contributed by atoms with Gasteiger partial charge in [-0.3, -0.25) is 0 Å². The van der Waals surface area contributed by atoms with Gasteiger partial charge in [-0.05, 0) is 66.0 Å². The third-order valence-electron chi connectivity index (χ3n) is 4.52. The molecule has 0 aromatic heterocycles. The summed E-state index contributed by atoms with van der Waals surface area (Å²) >= 11 is 0. The lowest BCUT2D eigenvalue weighted by Crippen LogP contribution is -2.14. The van der Waals surface area contributed by atoms with Crippen molar-refractivity contribution in [3.8, 4) is 0 Å². The van der Waals surface area contributed by atoms with Gasteiger partial charge in [-0.25, -0.2) is 13.2 Å². The molecule has 2 aromatic carbocycles. The zero-order chi connectivity index (χ0) is 15.7. The summed E-state index contributed by atoms with van der Waals surface area (Å²) in [6.07, 6.45) is 4.69. The summed E-state index contributed by atoms with van der Waals surface area (Å²) in [6.45, 7) is 2.16. The fourth-order valence-electron chi connectivity index (χ4n) is 3.35. The minimum absolute atomic E-state index is 0.0501. The number of fused-ring (bicyclic) bond motifs is 1. The third kappa shape index (κ3) is 2.90. The van der Waals surface area contributed by atoms with Crippen LogP contribution in [0.3, 0.4) is 0 Å². The molecule has 1 aliphatic carbocycles. The van der Waals surface area contributed by atoms with Gasteiger partial charge in [0, 0.05) is 0 Å². The SMILES string of the molecule is CCCc1ccc2c(c1)CCC(c1cc(F)c(F)c(F)c1)C2. The van der Waals surface area contributed by atoms with Crippen molar-refractivity contribution in [2.45, 2.75) is 44.9 Å². The van der Waals surface area contributed by atoms with Crippen LogP contribution in [0.15, 0.2) is 30.3 Å². The first-order chi connectivity index (χ1) is 10.6. The second-order valence-electron chi connectivity index (χ2n) is 6.09. The highest BCUT2D eigenvalue weighted by atomic mass is 19.2. The highest BCUT2D eigenvalue weighted by Crippen LogP contribution is 2.34. The monoisotopic (exact) mass is 304 g/mol. The number of aryl methyl sites for hydroxylation is 2. The summed E-state index contributed by atoms with van der Waals surface area (Å²) in [5, 5.41) is 0. The molecule has 0 heterocycles. The van der Waals surface area contributed by atoms with Gasteiger partial charge >= 0.3 is 0 Å². The molecule has 3 heteroatoms. The Balaban J connectivity index is 1.85. The first kappa shape index (κ1) is 15.1. The van der Waals surface area contributed by atoms with Crippen LogP contribution in [0.5, 0.6) is 0 Å². The van der Waals surface area contributed by atoms with Crippen molar-refractivity contribution in [1.29, 1.82) is 0 Å². The zero-order valence-electron chi connectivity index (χ0n) is 12.6. The van der Waals surface area contributed by atoms with E-state index in [-0.39, 0.29) is 5.92 Å². The van der Waals surface area contributed by atoms with Gasteiger partial charge in [0.15, 0.2) is 17.5 Å². The molecule has 1 aliphatic rings. The summed E-state index contributed by atoms with van der Waals surface area (Å²) in [6, 6.07) is 8.79. The maximum absolute atomic E-state index is 13.4. The van der Waals surface area contributed by atoms with E-state index in [0.29, 0.717) is 5.56 Å². The molecule has 0 spiro atoms. The van der Waals surface area contributed by atoms with Crippen LogP contribution in [0.4, 0.5) is 13.2 Å². The van der Waals surface area contributed by atoms with Crippen molar-refractivity contribution in [2.24, 2.45) is 0 Å². The molecule has 0 radical (unpaired) electrons. The number of rotatable bonds is 3. The van der Waals surface area contributed by atoms with Gasteiger partial charge in [0.2, 0.25) is 0 Å². The van der Waals surface area contributed by atoms with E-state index >= 15 is 0 Å². The summed E-state index contributed by atoms with van der Waals surface area (Å²) in [5.74, 6) is -3.53. The van der Waals surface area contributed by atoms with Crippen molar-refractivity contribution >= 4 is 0 Å².